The van der Waals surface area contributed by atoms with Gasteiger partial charge in [-0.15, -0.1) is 0 Å². The van der Waals surface area contributed by atoms with Gasteiger partial charge in [0, 0.05) is 78.6 Å². The fraction of sp³-hybridized carbons (Fsp3) is 0.207. The number of dihydropyridines is 1. The monoisotopic (exact) mass is 499 g/mol. The Morgan fingerprint density at radius 3 is 2.47 bits per heavy atom. The summed E-state index contributed by atoms with van der Waals surface area (Å²) in [6, 6.07) is 15.2. The maximum atomic E-state index is 14.7. The first-order valence-electron chi connectivity index (χ1n) is 12.0. The van der Waals surface area contributed by atoms with Crippen LogP contribution in [0.15, 0.2) is 88.6 Å². The zero-order valence-corrected chi connectivity index (χ0v) is 21.1. The first kappa shape index (κ1) is 24.1. The molecule has 0 unspecified atom stereocenters. The van der Waals surface area contributed by atoms with Crippen LogP contribution in [0.25, 0.3) is 16.7 Å². The van der Waals surface area contributed by atoms with Crippen molar-refractivity contribution < 1.29 is 4.39 Å². The SMILES string of the molecule is C/C=C1/C(c2cncc(-c3ccc(N4CCNCC4)cc3)c2)=CC(c2cc(Cl)ccc2F)=N/C1=N/C. The molecule has 1 saturated heterocycles. The summed E-state index contributed by atoms with van der Waals surface area (Å²) >= 11 is 6.16. The van der Waals surface area contributed by atoms with Crippen LogP contribution >= 0.6 is 11.6 Å². The lowest BCUT2D eigenvalue weighted by Crippen LogP contribution is -2.43. The number of halogens is 2. The topological polar surface area (TPSA) is 52.9 Å². The molecule has 5 rings (SSSR count). The van der Waals surface area contributed by atoms with Crippen LogP contribution in [0.4, 0.5) is 10.1 Å². The van der Waals surface area contributed by atoms with E-state index in [0.717, 1.165) is 54.0 Å². The summed E-state index contributed by atoms with van der Waals surface area (Å²) in [5, 5.41) is 3.84. The van der Waals surface area contributed by atoms with Crippen molar-refractivity contribution in [1.29, 1.82) is 0 Å². The molecular formula is C29H27ClFN5. The summed E-state index contributed by atoms with van der Waals surface area (Å²) < 4.78 is 14.7. The molecule has 1 aromatic heterocycles. The number of nitrogens with one attached hydrogen (secondary N) is 1. The molecule has 36 heavy (non-hydrogen) atoms. The van der Waals surface area contributed by atoms with Crippen LogP contribution in [0.5, 0.6) is 0 Å². The molecule has 0 bridgehead atoms. The highest BCUT2D eigenvalue weighted by Gasteiger charge is 2.22. The summed E-state index contributed by atoms with van der Waals surface area (Å²) in [7, 11) is 1.69. The predicted octanol–water partition coefficient (Wildman–Crippen LogP) is 5.81. The highest BCUT2D eigenvalue weighted by molar-refractivity contribution is 6.32. The molecule has 3 heterocycles. The number of pyridine rings is 1. The Morgan fingerprint density at radius 1 is 1.00 bits per heavy atom. The van der Waals surface area contributed by atoms with Crippen LogP contribution in [0, 0.1) is 5.82 Å². The molecule has 0 spiro atoms. The van der Waals surface area contributed by atoms with Crippen molar-refractivity contribution in [2.45, 2.75) is 6.92 Å². The van der Waals surface area contributed by atoms with Crippen molar-refractivity contribution in [1.82, 2.24) is 10.3 Å². The van der Waals surface area contributed by atoms with Crippen molar-refractivity contribution >= 4 is 34.4 Å². The average Bonchev–Trinajstić information content (AvgIpc) is 2.94. The first-order chi connectivity index (χ1) is 17.6. The smallest absolute Gasteiger partial charge is 0.155 e. The van der Waals surface area contributed by atoms with E-state index in [1.807, 2.05) is 31.5 Å². The van der Waals surface area contributed by atoms with Gasteiger partial charge in [-0.3, -0.25) is 9.98 Å². The van der Waals surface area contributed by atoms with Crippen LogP contribution in [0.2, 0.25) is 5.02 Å². The molecule has 0 saturated carbocycles. The molecule has 7 heteroatoms. The highest BCUT2D eigenvalue weighted by Crippen LogP contribution is 2.32. The number of hydrogen-bond acceptors (Lipinski definition) is 4. The van der Waals surface area contributed by atoms with Crippen LogP contribution in [-0.4, -0.2) is 49.8 Å². The Kier molecular flexibility index (Phi) is 7.07. The van der Waals surface area contributed by atoms with E-state index in [1.54, 1.807) is 13.1 Å². The lowest BCUT2D eigenvalue weighted by atomic mass is 9.91. The Bertz CT molecular complexity index is 1400. The zero-order chi connectivity index (χ0) is 25.1. The van der Waals surface area contributed by atoms with Crippen molar-refractivity contribution in [3.63, 3.8) is 0 Å². The van der Waals surface area contributed by atoms with E-state index in [1.165, 1.54) is 17.8 Å². The van der Waals surface area contributed by atoms with Gasteiger partial charge in [-0.05, 0) is 60.5 Å². The van der Waals surface area contributed by atoms with Gasteiger partial charge in [-0.1, -0.05) is 29.8 Å². The van der Waals surface area contributed by atoms with E-state index in [-0.39, 0.29) is 5.82 Å². The lowest BCUT2D eigenvalue weighted by Gasteiger charge is -2.29. The van der Waals surface area contributed by atoms with Crippen molar-refractivity contribution in [2.75, 3.05) is 38.1 Å². The van der Waals surface area contributed by atoms with E-state index in [4.69, 9.17) is 11.6 Å². The second-order valence-corrected chi connectivity index (χ2v) is 9.11. The number of hydrogen-bond donors (Lipinski definition) is 1. The Labute approximate surface area is 215 Å². The molecular weight excluding hydrogens is 473 g/mol. The van der Waals surface area contributed by atoms with Gasteiger partial charge >= 0.3 is 0 Å². The highest BCUT2D eigenvalue weighted by atomic mass is 35.5. The molecule has 1 N–H and O–H groups in total. The predicted molar refractivity (Wildman–Crippen MR) is 148 cm³/mol. The van der Waals surface area contributed by atoms with Crippen molar-refractivity contribution in [2.24, 2.45) is 9.98 Å². The van der Waals surface area contributed by atoms with Gasteiger partial charge in [0.05, 0.1) is 5.71 Å². The van der Waals surface area contributed by atoms with Gasteiger partial charge in [0.25, 0.3) is 0 Å². The van der Waals surface area contributed by atoms with E-state index < -0.39 is 0 Å². The molecule has 182 valence electrons. The van der Waals surface area contributed by atoms with Gasteiger partial charge in [-0.2, -0.15) is 0 Å². The average molecular weight is 500 g/mol. The number of aliphatic imine (C=N–C) groups is 2. The second-order valence-electron chi connectivity index (χ2n) is 8.68. The van der Waals surface area contributed by atoms with Gasteiger partial charge < -0.3 is 10.2 Å². The third-order valence-electron chi connectivity index (χ3n) is 6.48. The van der Waals surface area contributed by atoms with E-state index >= 15 is 0 Å². The van der Waals surface area contributed by atoms with Crippen LogP contribution in [0.3, 0.4) is 0 Å². The van der Waals surface area contributed by atoms with E-state index in [2.05, 4.69) is 55.5 Å². The third-order valence-corrected chi connectivity index (χ3v) is 6.71. The number of aromatic nitrogens is 1. The summed E-state index contributed by atoms with van der Waals surface area (Å²) in [5.41, 5.74) is 6.79. The normalized spacial score (nSPS) is 18.4. The van der Waals surface area contributed by atoms with Crippen molar-refractivity contribution in [3.05, 3.63) is 101 Å². The molecule has 2 aliphatic heterocycles. The molecule has 5 nitrogen and oxygen atoms in total. The largest absolute Gasteiger partial charge is 0.369 e. The number of allylic oxidation sites excluding steroid dienone is 2. The number of benzene rings is 2. The Morgan fingerprint density at radius 2 is 1.75 bits per heavy atom. The lowest BCUT2D eigenvalue weighted by molar-refractivity contribution is 0.589. The van der Waals surface area contributed by atoms with Crippen molar-refractivity contribution in [3.8, 4) is 11.1 Å². The Balaban J connectivity index is 1.52. The van der Waals surface area contributed by atoms with Gasteiger partial charge in [0.15, 0.2) is 5.84 Å². The maximum Gasteiger partial charge on any atom is 0.155 e. The fourth-order valence-corrected chi connectivity index (χ4v) is 4.77. The van der Waals surface area contributed by atoms with Gasteiger partial charge in [0.2, 0.25) is 0 Å². The first-order valence-corrected chi connectivity index (χ1v) is 12.4. The zero-order valence-electron chi connectivity index (χ0n) is 20.3. The van der Waals surface area contributed by atoms with Crippen LogP contribution in [0.1, 0.15) is 18.1 Å². The molecule has 0 aliphatic carbocycles. The summed E-state index contributed by atoms with van der Waals surface area (Å²) in [4.78, 5) is 15.9. The summed E-state index contributed by atoms with van der Waals surface area (Å²) in [5.74, 6) is 0.153. The van der Waals surface area contributed by atoms with Crippen LogP contribution in [-0.2, 0) is 0 Å². The quantitative estimate of drug-likeness (QED) is 0.492. The number of piperazine rings is 1. The minimum absolute atomic E-state index is 0.337. The van der Waals surface area contributed by atoms with Crippen LogP contribution < -0.4 is 10.2 Å². The van der Waals surface area contributed by atoms with Gasteiger partial charge in [-0.25, -0.2) is 9.38 Å². The molecule has 0 radical (unpaired) electrons. The molecule has 1 fully saturated rings. The fourth-order valence-electron chi connectivity index (χ4n) is 4.60. The molecule has 0 atom stereocenters. The number of anilines is 1. The minimum Gasteiger partial charge on any atom is -0.369 e. The number of amidine groups is 1. The minimum atomic E-state index is -0.385. The van der Waals surface area contributed by atoms with E-state index in [9.17, 15) is 4.39 Å². The molecule has 3 aromatic rings. The Hall–Kier alpha value is -3.61. The molecule has 2 aromatic carbocycles. The summed E-state index contributed by atoms with van der Waals surface area (Å²) in [6.07, 6.45) is 7.53. The second kappa shape index (κ2) is 10.6. The standard InChI is InChI=1S/C29H27ClFN5/c1-3-24-25(16-28(35-29(24)32-2)26-15-22(30)6-9-27(26)31)21-14-20(17-34-18-21)19-4-7-23(8-5-19)36-12-10-33-11-13-36/h3-9,14-18,33H,10-13H2,1-2H3/b24-3-,32-29+. The van der Waals surface area contributed by atoms with Gasteiger partial charge in [0.1, 0.15) is 5.82 Å². The maximum absolute atomic E-state index is 14.7. The third kappa shape index (κ3) is 4.87. The van der Waals surface area contributed by atoms with E-state index in [0.29, 0.717) is 22.1 Å². The number of rotatable bonds is 4. The number of nitrogens with zero attached hydrogens (tertiary/aromatic N) is 4. The summed E-state index contributed by atoms with van der Waals surface area (Å²) in [6.45, 7) is 5.97. The molecule has 2 aliphatic rings. The molecule has 0 amide bonds.